The number of halogens is 2. The van der Waals surface area contributed by atoms with E-state index in [4.69, 9.17) is 21.0 Å². The first-order valence-electron chi connectivity index (χ1n) is 9.68. The zero-order valence-electron chi connectivity index (χ0n) is 16.2. The summed E-state index contributed by atoms with van der Waals surface area (Å²) < 4.78 is 6.70. The summed E-state index contributed by atoms with van der Waals surface area (Å²) in [7, 11) is 0. The summed E-state index contributed by atoms with van der Waals surface area (Å²) in [5.41, 5.74) is 4.46. The Morgan fingerprint density at radius 1 is 1.10 bits per heavy atom. The average Bonchev–Trinajstić information content (AvgIpc) is 3.11. The Morgan fingerprint density at radius 3 is 2.71 bits per heavy atom. The maximum absolute atomic E-state index is 13.3. The molecule has 0 amide bonds. The van der Waals surface area contributed by atoms with Crippen LogP contribution in [0.25, 0.3) is 11.0 Å². The molecule has 2 aliphatic heterocycles. The summed E-state index contributed by atoms with van der Waals surface area (Å²) in [4.78, 5) is 21.5. The topological polar surface area (TPSA) is 45.8 Å². The van der Waals surface area contributed by atoms with E-state index in [1.54, 1.807) is 23.9 Å². The van der Waals surface area contributed by atoms with E-state index >= 15 is 0 Å². The highest BCUT2D eigenvalue weighted by Gasteiger charge is 2.41. The molecule has 1 unspecified atom stereocenters. The van der Waals surface area contributed by atoms with Crippen LogP contribution >= 0.6 is 39.3 Å². The van der Waals surface area contributed by atoms with Gasteiger partial charge in [0.05, 0.1) is 23.0 Å². The predicted molar refractivity (Wildman–Crippen MR) is 130 cm³/mol. The quantitative estimate of drug-likeness (QED) is 0.254. The molecule has 4 aromatic rings. The van der Waals surface area contributed by atoms with Crippen LogP contribution < -0.4 is 10.5 Å². The van der Waals surface area contributed by atoms with E-state index < -0.39 is 0 Å². The molecule has 2 aliphatic rings. The number of hydrogen-bond donors (Lipinski definition) is 0. The molecule has 0 N–H and O–H groups in total. The lowest BCUT2D eigenvalue weighted by Gasteiger charge is -2.34. The maximum atomic E-state index is 13.3. The summed E-state index contributed by atoms with van der Waals surface area (Å²) in [6, 6.07) is 19.3. The molecule has 0 saturated carbocycles. The normalized spacial score (nSPS) is 16.7. The van der Waals surface area contributed by atoms with Crippen LogP contribution in [0.4, 0.5) is 11.4 Å². The van der Waals surface area contributed by atoms with Crippen molar-refractivity contribution in [2.45, 2.75) is 17.9 Å². The Kier molecular flexibility index (Phi) is 4.32. The number of benzene rings is 3. The van der Waals surface area contributed by atoms with Gasteiger partial charge >= 0.3 is 5.63 Å². The zero-order valence-corrected chi connectivity index (χ0v) is 19.4. The second-order valence-electron chi connectivity index (χ2n) is 7.58. The van der Waals surface area contributed by atoms with Gasteiger partial charge in [0, 0.05) is 19.8 Å². The van der Waals surface area contributed by atoms with Gasteiger partial charge in [-0.15, -0.1) is 0 Å². The van der Waals surface area contributed by atoms with Crippen LogP contribution in [0.5, 0.6) is 0 Å². The molecule has 0 aliphatic carbocycles. The first-order valence-corrected chi connectivity index (χ1v) is 11.7. The molecule has 6 rings (SSSR count). The van der Waals surface area contributed by atoms with Gasteiger partial charge in [-0.05, 0) is 72.3 Å². The van der Waals surface area contributed by atoms with Crippen LogP contribution in [0.3, 0.4) is 0 Å². The van der Waals surface area contributed by atoms with Crippen molar-refractivity contribution < 1.29 is 4.42 Å². The number of aryl methyl sites for hydroxylation is 1. The smallest absolute Gasteiger partial charge is 0.344 e. The number of rotatable bonds is 1. The fraction of sp³-hybridized carbons (Fsp3) is 0.0833. The minimum atomic E-state index is -0.383. The molecular formula is C24H14BrClN2O2S. The summed E-state index contributed by atoms with van der Waals surface area (Å²) in [6.45, 7) is 2.07. The molecule has 7 heteroatoms. The van der Waals surface area contributed by atoms with Crippen molar-refractivity contribution in [3.8, 4) is 0 Å². The van der Waals surface area contributed by atoms with Crippen molar-refractivity contribution in [3.63, 3.8) is 0 Å². The number of amidine groups is 1. The molecular weight excluding hydrogens is 496 g/mol. The molecule has 31 heavy (non-hydrogen) atoms. The molecule has 0 saturated heterocycles. The molecule has 0 spiro atoms. The molecule has 1 atom stereocenters. The summed E-state index contributed by atoms with van der Waals surface area (Å²) in [6.07, 6.45) is 0. The van der Waals surface area contributed by atoms with Crippen LogP contribution in [-0.2, 0) is 0 Å². The highest BCUT2D eigenvalue weighted by atomic mass is 79.9. The van der Waals surface area contributed by atoms with Crippen LogP contribution in [0.1, 0.15) is 22.7 Å². The monoisotopic (exact) mass is 508 g/mol. The van der Waals surface area contributed by atoms with Gasteiger partial charge < -0.3 is 9.32 Å². The first-order chi connectivity index (χ1) is 15.0. The van der Waals surface area contributed by atoms with Crippen molar-refractivity contribution in [1.82, 2.24) is 0 Å². The molecule has 0 bridgehead atoms. The SMILES string of the molecule is Cc1ccc2c(c1)SC1=Nc3c(c(=O)oc4ccc(Cl)cc34)C(c3ccc(Br)cc3)N12. The zero-order chi connectivity index (χ0) is 21.3. The molecule has 0 radical (unpaired) electrons. The Hall–Kier alpha value is -2.54. The molecule has 1 aromatic heterocycles. The van der Waals surface area contributed by atoms with Gasteiger partial charge in [0.1, 0.15) is 5.58 Å². The fourth-order valence-electron chi connectivity index (χ4n) is 4.20. The molecule has 4 nitrogen and oxygen atoms in total. The Bertz CT molecular complexity index is 1480. The summed E-state index contributed by atoms with van der Waals surface area (Å²) in [5.74, 6) is 0. The predicted octanol–water partition coefficient (Wildman–Crippen LogP) is 7.22. The van der Waals surface area contributed by atoms with Crippen molar-refractivity contribution in [2.75, 3.05) is 4.90 Å². The highest BCUT2D eigenvalue weighted by molar-refractivity contribution is 9.10. The van der Waals surface area contributed by atoms with E-state index in [1.807, 2.05) is 30.3 Å². The lowest BCUT2D eigenvalue weighted by atomic mass is 9.94. The number of thioether (sulfide) groups is 1. The van der Waals surface area contributed by atoms with Crippen molar-refractivity contribution >= 4 is 66.8 Å². The number of nitrogens with zero attached hydrogens (tertiary/aromatic N) is 2. The molecule has 0 fully saturated rings. The summed E-state index contributed by atoms with van der Waals surface area (Å²) >= 11 is 11.4. The van der Waals surface area contributed by atoms with Gasteiger partial charge in [-0.2, -0.15) is 0 Å². The first kappa shape index (κ1) is 19.2. The number of fused-ring (bicyclic) bond motifs is 6. The van der Waals surface area contributed by atoms with Gasteiger partial charge in [-0.3, -0.25) is 0 Å². The third-order valence-corrected chi connectivity index (χ3v) is 7.36. The van der Waals surface area contributed by atoms with Crippen molar-refractivity contribution in [3.05, 3.63) is 97.3 Å². The minimum absolute atomic E-state index is 0.355. The number of hydrogen-bond acceptors (Lipinski definition) is 5. The third kappa shape index (κ3) is 2.97. The number of anilines is 1. The van der Waals surface area contributed by atoms with Crippen LogP contribution in [0.15, 0.2) is 84.2 Å². The Labute approximate surface area is 195 Å². The maximum Gasteiger partial charge on any atom is 0.344 e. The van der Waals surface area contributed by atoms with Crippen molar-refractivity contribution in [2.24, 2.45) is 4.99 Å². The van der Waals surface area contributed by atoms with Gasteiger partial charge in [-0.25, -0.2) is 9.79 Å². The van der Waals surface area contributed by atoms with E-state index in [-0.39, 0.29) is 11.7 Å². The molecule has 3 aromatic carbocycles. The van der Waals surface area contributed by atoms with E-state index in [0.717, 1.165) is 31.2 Å². The average molecular weight is 510 g/mol. The van der Waals surface area contributed by atoms with Crippen LogP contribution in [0.2, 0.25) is 5.02 Å². The Morgan fingerprint density at radius 2 is 1.90 bits per heavy atom. The Balaban J connectivity index is 1.70. The lowest BCUT2D eigenvalue weighted by Crippen LogP contribution is -2.36. The molecule has 152 valence electrons. The summed E-state index contributed by atoms with van der Waals surface area (Å²) in [5, 5.41) is 2.15. The van der Waals surface area contributed by atoms with E-state index in [0.29, 0.717) is 21.9 Å². The van der Waals surface area contributed by atoms with Gasteiger partial charge in [-0.1, -0.05) is 45.7 Å². The third-order valence-electron chi connectivity index (χ3n) is 5.58. The second kappa shape index (κ2) is 6.99. The van der Waals surface area contributed by atoms with Gasteiger partial charge in [0.15, 0.2) is 5.17 Å². The number of aliphatic imine (C=N–C) groups is 1. The van der Waals surface area contributed by atoms with E-state index in [9.17, 15) is 4.79 Å². The lowest BCUT2D eigenvalue weighted by molar-refractivity contribution is 0.544. The van der Waals surface area contributed by atoms with E-state index in [2.05, 4.69) is 46.0 Å². The van der Waals surface area contributed by atoms with Crippen LogP contribution in [-0.4, -0.2) is 5.17 Å². The van der Waals surface area contributed by atoms with Crippen LogP contribution in [0, 0.1) is 6.92 Å². The van der Waals surface area contributed by atoms with Crippen molar-refractivity contribution in [1.29, 1.82) is 0 Å². The fourth-order valence-corrected chi connectivity index (χ4v) is 5.79. The van der Waals surface area contributed by atoms with E-state index in [1.165, 1.54) is 5.56 Å². The minimum Gasteiger partial charge on any atom is -0.422 e. The highest BCUT2D eigenvalue weighted by Crippen LogP contribution is 2.52. The molecule has 3 heterocycles. The largest absolute Gasteiger partial charge is 0.422 e. The standard InChI is InChI=1S/C24H14BrClN2O2S/c1-12-2-8-17-19(10-12)31-24-27-21-16-11-15(26)7-9-18(16)30-23(29)20(21)22(28(17)24)13-3-5-14(25)6-4-13/h2-11,22H,1H3. The second-order valence-corrected chi connectivity index (χ2v) is 9.95. The van der Waals surface area contributed by atoms with Gasteiger partial charge in [0.25, 0.3) is 0 Å². The van der Waals surface area contributed by atoms with Gasteiger partial charge in [0.2, 0.25) is 0 Å².